The summed E-state index contributed by atoms with van der Waals surface area (Å²) in [6.07, 6.45) is 0. The highest BCUT2D eigenvalue weighted by molar-refractivity contribution is 8.00. The molecule has 4 rings (SSSR count). The summed E-state index contributed by atoms with van der Waals surface area (Å²) in [6.45, 7) is 0. The maximum Gasteiger partial charge on any atom is 0.256 e. The number of primary amides is 1. The Bertz CT molecular complexity index is 1250. The van der Waals surface area contributed by atoms with Gasteiger partial charge in [0.15, 0.2) is 0 Å². The van der Waals surface area contributed by atoms with Crippen molar-refractivity contribution in [3.8, 4) is 11.4 Å². The van der Waals surface area contributed by atoms with E-state index >= 15 is 0 Å². The molecule has 1 heterocycles. The van der Waals surface area contributed by atoms with Crippen molar-refractivity contribution in [1.29, 1.82) is 0 Å². The molecule has 0 aliphatic carbocycles. The Morgan fingerprint density at radius 3 is 2.70 bits per heavy atom. The fourth-order valence-corrected chi connectivity index (χ4v) is 3.78. The summed E-state index contributed by atoms with van der Waals surface area (Å²) in [7, 11) is 0. The Hall–Kier alpha value is -3.65. The number of hydrogen-bond acceptors (Lipinski definition) is 4. The number of rotatable bonds is 6. The highest BCUT2D eigenvalue weighted by Gasteiger charge is 2.13. The van der Waals surface area contributed by atoms with Gasteiger partial charge in [-0.2, -0.15) is 0 Å². The smallest absolute Gasteiger partial charge is 0.256 e. The van der Waals surface area contributed by atoms with E-state index in [9.17, 15) is 14.0 Å². The molecule has 4 aromatic rings. The average Bonchev–Trinajstić information content (AvgIpc) is 3.16. The Balaban J connectivity index is 1.57. The van der Waals surface area contributed by atoms with Crippen LogP contribution in [0.25, 0.3) is 22.4 Å². The third kappa shape index (κ3) is 4.33. The topological polar surface area (TPSA) is 101 Å². The quantitative estimate of drug-likeness (QED) is 0.407. The van der Waals surface area contributed by atoms with Crippen molar-refractivity contribution in [3.63, 3.8) is 0 Å². The van der Waals surface area contributed by atoms with Crippen LogP contribution in [0.3, 0.4) is 0 Å². The Morgan fingerprint density at radius 1 is 1.07 bits per heavy atom. The molecule has 0 radical (unpaired) electrons. The molecule has 0 saturated carbocycles. The van der Waals surface area contributed by atoms with E-state index in [1.54, 1.807) is 54.6 Å². The molecule has 6 nitrogen and oxygen atoms in total. The van der Waals surface area contributed by atoms with Crippen LogP contribution in [0.2, 0.25) is 0 Å². The first-order valence-corrected chi connectivity index (χ1v) is 10.1. The van der Waals surface area contributed by atoms with Crippen molar-refractivity contribution in [2.24, 2.45) is 5.73 Å². The van der Waals surface area contributed by atoms with Crippen LogP contribution in [-0.4, -0.2) is 27.5 Å². The molecule has 4 N–H and O–H groups in total. The molecule has 0 aliphatic rings. The standard InChI is InChI=1S/C22H17FN4O2S/c23-14-5-3-4-13(10-14)21-26-17-9-8-15(11-18(17)27-21)25-22(29)16-6-1-2-7-19(16)30-12-20(24)28/h1-11H,12H2,(H2,24,28)(H,25,29)(H,26,27). The minimum atomic E-state index is -0.450. The second-order valence-corrected chi connectivity index (χ2v) is 7.55. The van der Waals surface area contributed by atoms with Gasteiger partial charge in [-0.3, -0.25) is 9.59 Å². The third-order valence-corrected chi connectivity index (χ3v) is 5.44. The van der Waals surface area contributed by atoms with Crippen LogP contribution >= 0.6 is 11.8 Å². The number of amides is 2. The van der Waals surface area contributed by atoms with E-state index < -0.39 is 5.91 Å². The van der Waals surface area contributed by atoms with Gasteiger partial charge in [-0.15, -0.1) is 11.8 Å². The van der Waals surface area contributed by atoms with E-state index in [4.69, 9.17) is 5.73 Å². The molecule has 3 aromatic carbocycles. The molecule has 30 heavy (non-hydrogen) atoms. The minimum absolute atomic E-state index is 0.0905. The van der Waals surface area contributed by atoms with Crippen LogP contribution in [-0.2, 0) is 4.79 Å². The van der Waals surface area contributed by atoms with Crippen molar-refractivity contribution in [2.45, 2.75) is 4.90 Å². The molecule has 2 amide bonds. The first kappa shape index (κ1) is 19.7. The second-order valence-electron chi connectivity index (χ2n) is 6.53. The maximum atomic E-state index is 13.5. The van der Waals surface area contributed by atoms with Crippen molar-refractivity contribution in [3.05, 3.63) is 78.1 Å². The number of benzene rings is 3. The molecule has 1 aromatic heterocycles. The van der Waals surface area contributed by atoms with Crippen LogP contribution in [0.4, 0.5) is 10.1 Å². The Morgan fingerprint density at radius 2 is 1.90 bits per heavy atom. The van der Waals surface area contributed by atoms with E-state index in [1.807, 2.05) is 0 Å². The number of imidazole rings is 1. The fourth-order valence-electron chi connectivity index (χ4n) is 2.99. The number of thioether (sulfide) groups is 1. The van der Waals surface area contributed by atoms with Gasteiger partial charge in [-0.1, -0.05) is 24.3 Å². The SMILES string of the molecule is NC(=O)CSc1ccccc1C(=O)Nc1ccc2nc(-c3cccc(F)c3)[nH]c2c1. The Labute approximate surface area is 175 Å². The number of nitrogens with two attached hydrogens (primary N) is 1. The predicted molar refractivity (Wildman–Crippen MR) is 116 cm³/mol. The zero-order valence-corrected chi connectivity index (χ0v) is 16.5. The van der Waals surface area contributed by atoms with Gasteiger partial charge in [-0.05, 0) is 42.5 Å². The maximum absolute atomic E-state index is 13.5. The highest BCUT2D eigenvalue weighted by Crippen LogP contribution is 2.26. The zero-order valence-electron chi connectivity index (χ0n) is 15.7. The summed E-state index contributed by atoms with van der Waals surface area (Å²) < 4.78 is 13.5. The number of halogens is 1. The zero-order chi connectivity index (χ0) is 21.1. The van der Waals surface area contributed by atoms with Gasteiger partial charge in [0.1, 0.15) is 11.6 Å². The van der Waals surface area contributed by atoms with Gasteiger partial charge >= 0.3 is 0 Å². The number of carbonyl (C=O) groups is 2. The first-order chi connectivity index (χ1) is 14.5. The molecule has 0 fully saturated rings. The molecule has 150 valence electrons. The lowest BCUT2D eigenvalue weighted by molar-refractivity contribution is -0.115. The van der Waals surface area contributed by atoms with Gasteiger partial charge in [0, 0.05) is 16.1 Å². The lowest BCUT2D eigenvalue weighted by Gasteiger charge is -2.09. The van der Waals surface area contributed by atoms with Crippen LogP contribution in [0, 0.1) is 5.82 Å². The number of hydrogen-bond donors (Lipinski definition) is 3. The number of aromatic nitrogens is 2. The molecule has 0 saturated heterocycles. The lowest BCUT2D eigenvalue weighted by atomic mass is 10.2. The molecular weight excluding hydrogens is 403 g/mol. The van der Waals surface area contributed by atoms with Crippen molar-refractivity contribution in [2.75, 3.05) is 11.1 Å². The van der Waals surface area contributed by atoms with E-state index in [0.717, 1.165) is 0 Å². The van der Waals surface area contributed by atoms with Crippen molar-refractivity contribution >= 4 is 40.3 Å². The molecular formula is C22H17FN4O2S. The lowest BCUT2D eigenvalue weighted by Crippen LogP contribution is -2.15. The van der Waals surface area contributed by atoms with Crippen molar-refractivity contribution < 1.29 is 14.0 Å². The van der Waals surface area contributed by atoms with Gasteiger partial charge in [0.25, 0.3) is 5.91 Å². The van der Waals surface area contributed by atoms with Crippen LogP contribution < -0.4 is 11.1 Å². The van der Waals surface area contributed by atoms with E-state index in [0.29, 0.717) is 38.6 Å². The Kier molecular flexibility index (Phi) is 5.49. The van der Waals surface area contributed by atoms with Gasteiger partial charge in [0.05, 0.1) is 22.3 Å². The molecule has 0 bridgehead atoms. The summed E-state index contributed by atoms with van der Waals surface area (Å²) in [4.78, 5) is 32.1. The summed E-state index contributed by atoms with van der Waals surface area (Å²) in [5, 5.41) is 2.86. The fraction of sp³-hybridized carbons (Fsp3) is 0.0455. The third-order valence-electron chi connectivity index (χ3n) is 4.34. The number of carbonyl (C=O) groups excluding carboxylic acids is 2. The first-order valence-electron chi connectivity index (χ1n) is 9.07. The number of anilines is 1. The highest BCUT2D eigenvalue weighted by atomic mass is 32.2. The van der Waals surface area contributed by atoms with E-state index in [-0.39, 0.29) is 17.5 Å². The van der Waals surface area contributed by atoms with E-state index in [1.165, 1.54) is 23.9 Å². The van der Waals surface area contributed by atoms with E-state index in [2.05, 4.69) is 15.3 Å². The summed E-state index contributed by atoms with van der Waals surface area (Å²) in [5.74, 6) is -0.455. The summed E-state index contributed by atoms with van der Waals surface area (Å²) >= 11 is 1.22. The van der Waals surface area contributed by atoms with Crippen molar-refractivity contribution in [1.82, 2.24) is 9.97 Å². The van der Waals surface area contributed by atoms with Gasteiger partial charge in [-0.25, -0.2) is 9.37 Å². The predicted octanol–water partition coefficient (Wildman–Crippen LogP) is 4.20. The van der Waals surface area contributed by atoms with Crippen LogP contribution in [0.5, 0.6) is 0 Å². The average molecular weight is 420 g/mol. The monoisotopic (exact) mass is 420 g/mol. The molecule has 0 spiro atoms. The molecule has 0 unspecified atom stereocenters. The van der Waals surface area contributed by atoms with Gasteiger partial charge in [0.2, 0.25) is 5.91 Å². The number of nitrogens with zero attached hydrogens (tertiary/aromatic N) is 1. The second kappa shape index (κ2) is 8.38. The number of fused-ring (bicyclic) bond motifs is 1. The summed E-state index contributed by atoms with van der Waals surface area (Å²) in [5.41, 5.74) is 8.28. The van der Waals surface area contributed by atoms with Crippen LogP contribution in [0.15, 0.2) is 71.6 Å². The number of H-pyrrole nitrogens is 1. The van der Waals surface area contributed by atoms with Gasteiger partial charge < -0.3 is 16.0 Å². The molecule has 0 atom stereocenters. The minimum Gasteiger partial charge on any atom is -0.369 e. The normalized spacial score (nSPS) is 10.8. The molecule has 8 heteroatoms. The largest absolute Gasteiger partial charge is 0.369 e. The number of aromatic amines is 1. The molecule has 0 aliphatic heterocycles. The summed E-state index contributed by atoms with van der Waals surface area (Å²) in [6, 6.07) is 18.5. The van der Waals surface area contributed by atoms with Crippen LogP contribution in [0.1, 0.15) is 10.4 Å². The number of nitrogens with one attached hydrogen (secondary N) is 2.